The molecule has 0 N–H and O–H groups in total. The molecule has 11 aromatic rings. The molecule has 3 aromatic heterocycles. The third-order valence-corrected chi connectivity index (χ3v) is 12.1. The molecule has 8 aromatic carbocycles. The topological polar surface area (TPSA) is 14.8 Å². The summed E-state index contributed by atoms with van der Waals surface area (Å²) in [7, 11) is 0. The Morgan fingerprint density at radius 1 is 0.316 bits per heavy atom. The normalized spacial score (nSPS) is 13.2. The number of nitrogens with zero attached hydrogens (tertiary/aromatic N) is 3. The predicted molar refractivity (Wildman–Crippen MR) is 242 cm³/mol. The van der Waals surface area contributed by atoms with Gasteiger partial charge < -0.3 is 13.7 Å². The van der Waals surface area contributed by atoms with Crippen molar-refractivity contribution in [3.05, 3.63) is 200 Å². The first-order valence-electron chi connectivity index (χ1n) is 19.9. The van der Waals surface area contributed by atoms with Crippen LogP contribution in [0, 0.1) is 0 Å². The molecule has 0 saturated heterocycles. The first-order chi connectivity index (χ1) is 28.3. The molecular weight excluding hydrogens is 691 g/mol. The van der Waals surface area contributed by atoms with Crippen molar-refractivity contribution in [1.82, 2.24) is 13.7 Å². The Bertz CT molecular complexity index is 3440. The third kappa shape index (κ3) is 4.92. The van der Waals surface area contributed by atoms with Crippen molar-refractivity contribution in [2.45, 2.75) is 12.8 Å². The van der Waals surface area contributed by atoms with Crippen molar-refractivity contribution in [3.8, 4) is 33.6 Å². The molecule has 0 aliphatic heterocycles. The maximum atomic E-state index is 2.48. The average molecular weight is 728 g/mol. The molecule has 3 nitrogen and oxygen atoms in total. The van der Waals surface area contributed by atoms with E-state index in [0.29, 0.717) is 0 Å². The minimum Gasteiger partial charge on any atom is -0.313 e. The van der Waals surface area contributed by atoms with Crippen LogP contribution in [0.5, 0.6) is 0 Å². The van der Waals surface area contributed by atoms with Crippen LogP contribution in [0.3, 0.4) is 0 Å². The van der Waals surface area contributed by atoms with E-state index in [1.807, 2.05) is 0 Å². The molecule has 3 heterocycles. The van der Waals surface area contributed by atoms with Gasteiger partial charge in [0.1, 0.15) is 0 Å². The Kier molecular flexibility index (Phi) is 7.05. The highest BCUT2D eigenvalue weighted by molar-refractivity contribution is 6.14. The highest BCUT2D eigenvalue weighted by Gasteiger charge is 2.19. The first kappa shape index (κ1) is 31.9. The Balaban J connectivity index is 1.05. The van der Waals surface area contributed by atoms with E-state index in [1.165, 1.54) is 99.1 Å². The van der Waals surface area contributed by atoms with E-state index in [1.54, 1.807) is 0 Å². The van der Waals surface area contributed by atoms with Gasteiger partial charge in [-0.2, -0.15) is 0 Å². The molecule has 12 rings (SSSR count). The number of fused-ring (bicyclic) bond motifs is 9. The van der Waals surface area contributed by atoms with Gasteiger partial charge in [-0.15, -0.1) is 0 Å². The molecule has 1 aliphatic carbocycles. The molecule has 0 spiro atoms. The Morgan fingerprint density at radius 3 is 1.28 bits per heavy atom. The summed E-state index contributed by atoms with van der Waals surface area (Å²) in [5, 5.41) is 7.61. The van der Waals surface area contributed by atoms with Crippen LogP contribution in [0.25, 0.3) is 105 Å². The SMILES string of the molecule is C1=CCCC(n2c3ccccc3c3ccc(-c4ccc5c(c4)c4ccc(-c6ccc7c8ccccc8n(-c8ccccc8)c7c6)cc4n5-c4ccccc4)cc32)=C1. The van der Waals surface area contributed by atoms with Gasteiger partial charge in [-0.3, -0.25) is 0 Å². The third-order valence-electron chi connectivity index (χ3n) is 12.1. The highest BCUT2D eigenvalue weighted by atomic mass is 15.0. The van der Waals surface area contributed by atoms with Crippen molar-refractivity contribution in [1.29, 1.82) is 0 Å². The van der Waals surface area contributed by atoms with Gasteiger partial charge in [0.05, 0.1) is 33.1 Å². The van der Waals surface area contributed by atoms with Gasteiger partial charge >= 0.3 is 0 Å². The summed E-state index contributed by atoms with van der Waals surface area (Å²) in [5.41, 5.74) is 15.8. The van der Waals surface area contributed by atoms with E-state index in [9.17, 15) is 0 Å². The van der Waals surface area contributed by atoms with Gasteiger partial charge in [0, 0.05) is 49.4 Å². The van der Waals surface area contributed by atoms with Crippen molar-refractivity contribution >= 4 is 71.1 Å². The molecule has 0 saturated carbocycles. The fourth-order valence-electron chi connectivity index (χ4n) is 9.48. The second-order valence-corrected chi connectivity index (χ2v) is 15.3. The first-order valence-corrected chi connectivity index (χ1v) is 19.9. The lowest BCUT2D eigenvalue weighted by Crippen LogP contribution is -1.98. The summed E-state index contributed by atoms with van der Waals surface area (Å²) >= 11 is 0. The lowest BCUT2D eigenvalue weighted by atomic mass is 9.99. The van der Waals surface area contributed by atoms with Gasteiger partial charge in [-0.25, -0.2) is 0 Å². The van der Waals surface area contributed by atoms with Crippen LogP contribution in [0.15, 0.2) is 200 Å². The maximum Gasteiger partial charge on any atom is 0.0547 e. The summed E-state index contributed by atoms with van der Waals surface area (Å²) in [6.07, 6.45) is 8.84. The lowest BCUT2D eigenvalue weighted by Gasteiger charge is -2.14. The average Bonchev–Trinajstić information content (AvgIpc) is 3.91. The smallest absolute Gasteiger partial charge is 0.0547 e. The van der Waals surface area contributed by atoms with Crippen LogP contribution < -0.4 is 0 Å². The summed E-state index contributed by atoms with van der Waals surface area (Å²) < 4.78 is 7.31. The fraction of sp³-hybridized carbons (Fsp3) is 0.0370. The highest BCUT2D eigenvalue weighted by Crippen LogP contribution is 2.41. The molecule has 268 valence electrons. The van der Waals surface area contributed by atoms with E-state index < -0.39 is 0 Å². The molecule has 0 atom stereocenters. The summed E-state index contributed by atoms with van der Waals surface area (Å²) in [6.45, 7) is 0. The van der Waals surface area contributed by atoms with Gasteiger partial charge in [0.25, 0.3) is 0 Å². The van der Waals surface area contributed by atoms with E-state index in [0.717, 1.165) is 18.5 Å². The quantitative estimate of drug-likeness (QED) is 0.168. The zero-order valence-corrected chi connectivity index (χ0v) is 31.3. The van der Waals surface area contributed by atoms with Crippen LogP contribution in [-0.4, -0.2) is 13.7 Å². The molecule has 1 aliphatic rings. The minimum atomic E-state index is 1.03. The zero-order valence-electron chi connectivity index (χ0n) is 31.3. The second kappa shape index (κ2) is 12.6. The number of rotatable bonds is 5. The van der Waals surface area contributed by atoms with Crippen LogP contribution >= 0.6 is 0 Å². The summed E-state index contributed by atoms with van der Waals surface area (Å²) in [4.78, 5) is 0. The van der Waals surface area contributed by atoms with E-state index in [4.69, 9.17) is 0 Å². The van der Waals surface area contributed by atoms with Crippen LogP contribution in [0.4, 0.5) is 0 Å². The second-order valence-electron chi connectivity index (χ2n) is 15.3. The number of allylic oxidation sites excluding steroid dienone is 4. The van der Waals surface area contributed by atoms with Gasteiger partial charge in [-0.1, -0.05) is 127 Å². The standard InChI is InChI=1S/C54H37N3/c1-4-14-40(15-5-1)55-49-22-12-10-20-43(49)45-28-24-37(33-52(45)55)36-27-31-51-48(32-36)47-30-26-39(35-54(47)57(51)42-18-8-3-9-19-42)38-25-29-46-44-21-11-13-23-50(44)56(53(46)34-38)41-16-6-2-7-17-41/h1-4,6-14,16-35H,5,15H2. The largest absolute Gasteiger partial charge is 0.313 e. The van der Waals surface area contributed by atoms with Crippen molar-refractivity contribution in [2.75, 3.05) is 0 Å². The number of hydrogen-bond acceptors (Lipinski definition) is 0. The van der Waals surface area contributed by atoms with Gasteiger partial charge in [0.15, 0.2) is 0 Å². The number of hydrogen-bond donors (Lipinski definition) is 0. The minimum absolute atomic E-state index is 1.03. The Morgan fingerprint density at radius 2 is 0.737 bits per heavy atom. The molecule has 0 bridgehead atoms. The molecular formula is C54H37N3. The molecule has 0 amide bonds. The van der Waals surface area contributed by atoms with Crippen molar-refractivity contribution < 1.29 is 0 Å². The molecule has 3 heteroatoms. The van der Waals surface area contributed by atoms with E-state index >= 15 is 0 Å². The van der Waals surface area contributed by atoms with Crippen LogP contribution in [-0.2, 0) is 0 Å². The molecule has 0 fully saturated rings. The molecule has 57 heavy (non-hydrogen) atoms. The van der Waals surface area contributed by atoms with Crippen molar-refractivity contribution in [3.63, 3.8) is 0 Å². The summed E-state index contributed by atoms with van der Waals surface area (Å²) in [5.74, 6) is 0. The Hall–Kier alpha value is -7.36. The zero-order chi connectivity index (χ0) is 37.5. The lowest BCUT2D eigenvalue weighted by molar-refractivity contribution is 0.979. The van der Waals surface area contributed by atoms with Gasteiger partial charge in [-0.05, 0) is 108 Å². The number of aromatic nitrogens is 3. The number of benzene rings is 8. The summed E-state index contributed by atoms with van der Waals surface area (Å²) in [6, 6.07) is 67.1. The predicted octanol–water partition coefficient (Wildman–Crippen LogP) is 14.5. The molecule has 0 radical (unpaired) electrons. The fourth-order valence-corrected chi connectivity index (χ4v) is 9.48. The van der Waals surface area contributed by atoms with Crippen molar-refractivity contribution in [2.24, 2.45) is 0 Å². The van der Waals surface area contributed by atoms with E-state index in [-0.39, 0.29) is 0 Å². The van der Waals surface area contributed by atoms with Gasteiger partial charge in [0.2, 0.25) is 0 Å². The Labute approximate surface area is 330 Å². The van der Waals surface area contributed by atoms with Crippen LogP contribution in [0.1, 0.15) is 12.8 Å². The maximum absolute atomic E-state index is 2.48. The monoisotopic (exact) mass is 727 g/mol. The number of para-hydroxylation sites is 4. The molecule has 0 unspecified atom stereocenters. The van der Waals surface area contributed by atoms with E-state index in [2.05, 4.69) is 214 Å². The van der Waals surface area contributed by atoms with Crippen LogP contribution in [0.2, 0.25) is 0 Å².